The van der Waals surface area contributed by atoms with Gasteiger partial charge in [-0.25, -0.2) is 14.2 Å². The Bertz CT molecular complexity index is 1090. The zero-order valence-corrected chi connectivity index (χ0v) is 14.8. The average molecular weight is 368 g/mol. The van der Waals surface area contributed by atoms with Gasteiger partial charge in [-0.2, -0.15) is 0 Å². The van der Waals surface area contributed by atoms with Gasteiger partial charge in [-0.1, -0.05) is 57.0 Å². The minimum atomic E-state index is -1.28. The normalized spacial score (nSPS) is 12.3. The number of hydrogen-bond donors (Lipinski definition) is 1. The smallest absolute Gasteiger partial charge is 0.332 e. The number of carbonyl (C=O) groups is 1. The molecule has 26 heavy (non-hydrogen) atoms. The van der Waals surface area contributed by atoms with Crippen molar-refractivity contribution >= 4 is 31.4 Å². The number of rotatable bonds is 6. The summed E-state index contributed by atoms with van der Waals surface area (Å²) in [4.78, 5) is 37.8. The lowest BCUT2D eigenvalue weighted by atomic mass is 10.1. The molecule has 1 unspecified atom stereocenters. The van der Waals surface area contributed by atoms with E-state index in [0.717, 1.165) is 10.1 Å². The Kier molecular flexibility index (Phi) is 5.14. The maximum atomic E-state index is 13.0. The Morgan fingerprint density at radius 2 is 1.73 bits per heavy atom. The first kappa shape index (κ1) is 17.8. The Balaban J connectivity index is 2.28. The van der Waals surface area contributed by atoms with Crippen LogP contribution in [0.1, 0.15) is 11.6 Å². The van der Waals surface area contributed by atoms with E-state index >= 15 is 0 Å². The van der Waals surface area contributed by atoms with Crippen molar-refractivity contribution < 1.29 is 9.90 Å². The van der Waals surface area contributed by atoms with Crippen LogP contribution in [0.4, 0.5) is 0 Å². The minimum absolute atomic E-state index is 0.0474. The van der Waals surface area contributed by atoms with E-state index in [9.17, 15) is 19.5 Å². The van der Waals surface area contributed by atoms with Crippen molar-refractivity contribution in [1.29, 1.82) is 0 Å². The van der Waals surface area contributed by atoms with Gasteiger partial charge in [-0.15, -0.1) is 0 Å². The predicted molar refractivity (Wildman–Crippen MR) is 103 cm³/mol. The number of aliphatic carboxylic acids is 1. The summed E-state index contributed by atoms with van der Waals surface area (Å²) < 4.78 is 2.26. The molecule has 2 aromatic carbocycles. The highest BCUT2D eigenvalue weighted by Gasteiger charge is 2.26. The van der Waals surface area contributed by atoms with E-state index in [1.165, 1.54) is 4.57 Å². The Morgan fingerprint density at radius 1 is 1.08 bits per heavy atom. The molecule has 0 saturated heterocycles. The lowest BCUT2D eigenvalue weighted by Gasteiger charge is -2.18. The molecule has 0 aliphatic heterocycles. The number of carboxylic acid groups (broad SMARTS) is 1. The number of hydrogen-bond acceptors (Lipinski definition) is 3. The third kappa shape index (κ3) is 3.24. The summed E-state index contributed by atoms with van der Waals surface area (Å²) in [6.07, 6.45) is 4.06. The molecule has 1 aromatic heterocycles. The fourth-order valence-corrected chi connectivity index (χ4v) is 3.45. The van der Waals surface area contributed by atoms with Crippen molar-refractivity contribution in [2.75, 3.05) is 0 Å². The number of para-hydroxylation sites is 1. The lowest BCUT2D eigenvalue weighted by Crippen LogP contribution is -2.45. The number of benzene rings is 2. The van der Waals surface area contributed by atoms with Gasteiger partial charge in [0.25, 0.3) is 5.56 Å². The molecule has 0 radical (unpaired) electrons. The van der Waals surface area contributed by atoms with Crippen molar-refractivity contribution in [1.82, 2.24) is 9.13 Å². The largest absolute Gasteiger partial charge is 0.480 e. The highest BCUT2D eigenvalue weighted by atomic mass is 31.1. The van der Waals surface area contributed by atoms with Gasteiger partial charge in [-0.3, -0.25) is 9.36 Å². The standard InChI is InChI=1S/C19H17N2O4P/c1-26-12-20-15-10-6-5-9-14(15)17(22)21(19(20)25)16(18(23)24)11-13-7-3-2-4-8-13/h2-10,16H,1,11-12H2,(H,23,24). The molecule has 3 rings (SSSR count). The summed E-state index contributed by atoms with van der Waals surface area (Å²) in [5, 5.41) is 10.0. The summed E-state index contributed by atoms with van der Waals surface area (Å²) in [5.41, 5.74) is -0.000896. The van der Waals surface area contributed by atoms with Gasteiger partial charge in [-0.05, 0) is 17.7 Å². The molecule has 0 aliphatic rings. The van der Waals surface area contributed by atoms with Gasteiger partial charge in [0.05, 0.1) is 17.2 Å². The van der Waals surface area contributed by atoms with Gasteiger partial charge < -0.3 is 5.11 Å². The lowest BCUT2D eigenvalue weighted by molar-refractivity contribution is -0.141. The van der Waals surface area contributed by atoms with Gasteiger partial charge >= 0.3 is 11.7 Å². The third-order valence-electron chi connectivity index (χ3n) is 4.19. The summed E-state index contributed by atoms with van der Waals surface area (Å²) >= 11 is 0. The molecule has 1 heterocycles. The molecular weight excluding hydrogens is 351 g/mol. The predicted octanol–water partition coefficient (Wildman–Crippen LogP) is 2.37. The highest BCUT2D eigenvalue weighted by Crippen LogP contribution is 2.15. The molecule has 0 saturated carbocycles. The van der Waals surface area contributed by atoms with E-state index in [4.69, 9.17) is 0 Å². The van der Waals surface area contributed by atoms with Gasteiger partial charge in [0, 0.05) is 6.42 Å². The van der Waals surface area contributed by atoms with Crippen molar-refractivity contribution in [3.8, 4) is 0 Å². The quantitative estimate of drug-likeness (QED) is 0.678. The molecule has 7 heteroatoms. The zero-order chi connectivity index (χ0) is 18.7. The van der Waals surface area contributed by atoms with Gasteiger partial charge in [0.1, 0.15) is 6.04 Å². The van der Waals surface area contributed by atoms with Crippen molar-refractivity contribution in [3.05, 3.63) is 81.0 Å². The first-order chi connectivity index (χ1) is 12.5. The molecule has 3 aromatic rings. The first-order valence-corrected chi connectivity index (χ1v) is 9.24. The molecule has 0 aliphatic carbocycles. The fourth-order valence-electron chi connectivity index (χ4n) is 2.98. The van der Waals surface area contributed by atoms with Crippen LogP contribution in [-0.4, -0.2) is 26.5 Å². The van der Waals surface area contributed by atoms with Crippen LogP contribution < -0.4 is 11.2 Å². The van der Waals surface area contributed by atoms with Crippen LogP contribution in [0, 0.1) is 0 Å². The van der Waals surface area contributed by atoms with Crippen LogP contribution in [-0.2, 0) is 17.5 Å². The third-order valence-corrected chi connectivity index (χ3v) is 4.67. The molecule has 6 nitrogen and oxygen atoms in total. The molecular formula is C19H17N2O4P. The van der Waals surface area contributed by atoms with Crippen LogP contribution in [0.2, 0.25) is 0 Å². The van der Waals surface area contributed by atoms with E-state index in [2.05, 4.69) is 6.30 Å². The van der Waals surface area contributed by atoms with E-state index in [1.807, 2.05) is 6.07 Å². The maximum absolute atomic E-state index is 13.0. The van der Waals surface area contributed by atoms with E-state index in [-0.39, 0.29) is 12.7 Å². The summed E-state index contributed by atoms with van der Waals surface area (Å²) in [6, 6.07) is 14.4. The van der Waals surface area contributed by atoms with Crippen LogP contribution in [0.5, 0.6) is 0 Å². The first-order valence-electron chi connectivity index (χ1n) is 7.98. The topological polar surface area (TPSA) is 81.3 Å². The van der Waals surface area contributed by atoms with Crippen molar-refractivity contribution in [2.24, 2.45) is 0 Å². The Hall–Kier alpha value is -2.98. The van der Waals surface area contributed by atoms with Gasteiger partial charge in [0.2, 0.25) is 0 Å². The summed E-state index contributed by atoms with van der Waals surface area (Å²) in [5.74, 6) is -1.22. The SMILES string of the molecule is C=PCn1c(=O)n(C(Cc2ccccc2)C(=O)O)c(=O)c2ccccc21. The number of aromatic nitrogens is 2. The van der Waals surface area contributed by atoms with Crippen LogP contribution in [0.15, 0.2) is 64.2 Å². The Labute approximate surface area is 150 Å². The van der Waals surface area contributed by atoms with Crippen molar-refractivity contribution in [3.63, 3.8) is 0 Å². The van der Waals surface area contributed by atoms with Crippen molar-refractivity contribution in [2.45, 2.75) is 18.7 Å². The number of nitrogens with zero attached hydrogens (tertiary/aromatic N) is 2. The minimum Gasteiger partial charge on any atom is -0.480 e. The van der Waals surface area contributed by atoms with Gasteiger partial charge in [0.15, 0.2) is 0 Å². The molecule has 132 valence electrons. The highest BCUT2D eigenvalue weighted by molar-refractivity contribution is 7.35. The molecule has 0 amide bonds. The summed E-state index contributed by atoms with van der Waals surface area (Å²) in [7, 11) is 0.686. The molecule has 0 spiro atoms. The van der Waals surface area contributed by atoms with Crippen LogP contribution in [0.25, 0.3) is 10.9 Å². The number of fused-ring (bicyclic) bond motifs is 1. The second-order valence-electron chi connectivity index (χ2n) is 5.81. The zero-order valence-electron chi connectivity index (χ0n) is 13.9. The maximum Gasteiger partial charge on any atom is 0.332 e. The molecule has 0 bridgehead atoms. The molecule has 1 N–H and O–H groups in total. The second kappa shape index (κ2) is 7.50. The second-order valence-corrected chi connectivity index (χ2v) is 6.54. The summed E-state index contributed by atoms with van der Waals surface area (Å²) in [6.45, 7) is 0. The monoisotopic (exact) mass is 368 g/mol. The fraction of sp³-hybridized carbons (Fsp3) is 0.158. The Morgan fingerprint density at radius 3 is 2.38 bits per heavy atom. The van der Waals surface area contributed by atoms with E-state index in [0.29, 0.717) is 19.1 Å². The molecule has 0 fully saturated rings. The average Bonchev–Trinajstić information content (AvgIpc) is 2.65. The van der Waals surface area contributed by atoms with Crippen LogP contribution in [0.3, 0.4) is 0 Å². The number of carboxylic acids is 1. The van der Waals surface area contributed by atoms with E-state index < -0.39 is 23.3 Å². The van der Waals surface area contributed by atoms with Crippen LogP contribution >= 0.6 is 8.20 Å². The van der Waals surface area contributed by atoms with E-state index in [1.54, 1.807) is 48.5 Å². The molecule has 1 atom stereocenters.